The van der Waals surface area contributed by atoms with Gasteiger partial charge in [-0.25, -0.2) is 4.79 Å². The van der Waals surface area contributed by atoms with Gasteiger partial charge in [0.15, 0.2) is 6.10 Å². The van der Waals surface area contributed by atoms with Gasteiger partial charge in [0.05, 0.1) is 18.4 Å². The number of rotatable bonds is 5. The molecule has 0 bridgehead atoms. The molecule has 2 aromatic rings. The first kappa shape index (κ1) is 15.6. The van der Waals surface area contributed by atoms with E-state index in [0.29, 0.717) is 11.3 Å². The lowest BCUT2D eigenvalue weighted by atomic mass is 10.2. The van der Waals surface area contributed by atoms with E-state index in [1.165, 1.54) is 13.2 Å². The number of carbonyl (C=O) groups is 2. The summed E-state index contributed by atoms with van der Waals surface area (Å²) in [4.78, 5) is 23.8. The minimum Gasteiger partial charge on any atom is -0.467 e. The first-order chi connectivity index (χ1) is 10.1. The van der Waals surface area contributed by atoms with Crippen LogP contribution in [0.25, 0.3) is 0 Å². The normalized spacial score (nSPS) is 11.7. The van der Waals surface area contributed by atoms with Crippen molar-refractivity contribution in [2.24, 2.45) is 0 Å². The molecule has 1 aromatic carbocycles. The molecule has 6 heteroatoms. The number of halogens is 1. The van der Waals surface area contributed by atoms with Crippen LogP contribution < -0.4 is 5.32 Å². The van der Waals surface area contributed by atoms with E-state index < -0.39 is 12.1 Å². The highest BCUT2D eigenvalue weighted by Crippen LogP contribution is 2.10. The van der Waals surface area contributed by atoms with Gasteiger partial charge in [0.1, 0.15) is 5.76 Å². The summed E-state index contributed by atoms with van der Waals surface area (Å²) in [6, 6.07) is 10.5. The standard InChI is InChI=1S/C15H14INO4/c1-10(14(18)17-9-13-6-3-7-20-13)21-15(19)11-4-2-5-12(16)8-11/h2-8,10H,9H2,1H3,(H,17,18)/t10-/m0/s1. The molecule has 0 fully saturated rings. The Labute approximate surface area is 135 Å². The van der Waals surface area contributed by atoms with Crippen molar-refractivity contribution in [2.75, 3.05) is 0 Å². The Morgan fingerprint density at radius 3 is 2.81 bits per heavy atom. The molecule has 110 valence electrons. The predicted molar refractivity (Wildman–Crippen MR) is 84.6 cm³/mol. The zero-order valence-corrected chi connectivity index (χ0v) is 13.5. The molecule has 5 nitrogen and oxygen atoms in total. The lowest BCUT2D eigenvalue weighted by Gasteiger charge is -2.13. The topological polar surface area (TPSA) is 68.5 Å². The Balaban J connectivity index is 1.86. The molecule has 0 aliphatic carbocycles. The van der Waals surface area contributed by atoms with Crippen LogP contribution in [0.3, 0.4) is 0 Å². The number of furan rings is 1. The van der Waals surface area contributed by atoms with Gasteiger partial charge in [-0.15, -0.1) is 0 Å². The van der Waals surface area contributed by atoms with Gasteiger partial charge in [-0.3, -0.25) is 4.79 Å². The van der Waals surface area contributed by atoms with E-state index in [0.717, 1.165) is 3.57 Å². The second kappa shape index (κ2) is 7.26. The first-order valence-corrected chi connectivity index (χ1v) is 7.41. The van der Waals surface area contributed by atoms with Crippen LogP contribution in [-0.4, -0.2) is 18.0 Å². The van der Waals surface area contributed by atoms with Crippen molar-refractivity contribution < 1.29 is 18.7 Å². The van der Waals surface area contributed by atoms with Crippen LogP contribution >= 0.6 is 22.6 Å². The predicted octanol–water partition coefficient (Wildman–Crippen LogP) is 2.75. The fourth-order valence-electron chi connectivity index (χ4n) is 1.63. The van der Waals surface area contributed by atoms with E-state index in [-0.39, 0.29) is 12.5 Å². The third-order valence-electron chi connectivity index (χ3n) is 2.73. The van der Waals surface area contributed by atoms with Crippen LogP contribution in [-0.2, 0) is 16.1 Å². The van der Waals surface area contributed by atoms with Gasteiger partial charge in [0.2, 0.25) is 0 Å². The molecule has 0 aliphatic rings. The van der Waals surface area contributed by atoms with Crippen molar-refractivity contribution in [3.63, 3.8) is 0 Å². The molecule has 0 saturated carbocycles. The number of nitrogens with one attached hydrogen (secondary N) is 1. The molecule has 21 heavy (non-hydrogen) atoms. The fourth-order valence-corrected chi connectivity index (χ4v) is 2.17. The summed E-state index contributed by atoms with van der Waals surface area (Å²) >= 11 is 2.11. The highest BCUT2D eigenvalue weighted by atomic mass is 127. The molecule has 0 radical (unpaired) electrons. The van der Waals surface area contributed by atoms with Crippen LogP contribution in [0.15, 0.2) is 47.1 Å². The summed E-state index contributed by atoms with van der Waals surface area (Å²) in [7, 11) is 0. The maximum Gasteiger partial charge on any atom is 0.338 e. The zero-order valence-electron chi connectivity index (χ0n) is 11.3. The average Bonchev–Trinajstić information content (AvgIpc) is 2.97. The van der Waals surface area contributed by atoms with E-state index >= 15 is 0 Å². The molecule has 2 rings (SSSR count). The minimum atomic E-state index is -0.870. The lowest BCUT2D eigenvalue weighted by molar-refractivity contribution is -0.129. The molecule has 1 N–H and O–H groups in total. The molecular formula is C15H14INO4. The van der Waals surface area contributed by atoms with Gasteiger partial charge in [-0.2, -0.15) is 0 Å². The third kappa shape index (κ3) is 4.59. The molecule has 1 heterocycles. The fraction of sp³-hybridized carbons (Fsp3) is 0.200. The molecule has 1 aromatic heterocycles. The summed E-state index contributed by atoms with van der Waals surface area (Å²) in [5, 5.41) is 2.64. The van der Waals surface area contributed by atoms with Crippen molar-refractivity contribution in [1.29, 1.82) is 0 Å². The van der Waals surface area contributed by atoms with E-state index in [1.54, 1.807) is 30.3 Å². The Bertz CT molecular complexity index is 624. The van der Waals surface area contributed by atoms with E-state index in [2.05, 4.69) is 27.9 Å². The van der Waals surface area contributed by atoms with Crippen molar-refractivity contribution in [3.05, 3.63) is 57.6 Å². The van der Waals surface area contributed by atoms with Crippen LogP contribution in [0.1, 0.15) is 23.0 Å². The Hall–Kier alpha value is -1.83. The highest BCUT2D eigenvalue weighted by molar-refractivity contribution is 14.1. The van der Waals surface area contributed by atoms with E-state index in [9.17, 15) is 9.59 Å². The van der Waals surface area contributed by atoms with Gasteiger partial charge < -0.3 is 14.5 Å². The molecular weight excluding hydrogens is 385 g/mol. The monoisotopic (exact) mass is 399 g/mol. The van der Waals surface area contributed by atoms with Gasteiger partial charge in [0.25, 0.3) is 5.91 Å². The maximum absolute atomic E-state index is 11.9. The third-order valence-corrected chi connectivity index (χ3v) is 3.40. The number of amides is 1. The molecule has 0 spiro atoms. The minimum absolute atomic E-state index is 0.261. The summed E-state index contributed by atoms with van der Waals surface area (Å²) in [6.45, 7) is 1.79. The quantitative estimate of drug-likeness (QED) is 0.620. The molecule has 1 amide bonds. The Morgan fingerprint density at radius 2 is 2.14 bits per heavy atom. The largest absolute Gasteiger partial charge is 0.467 e. The lowest BCUT2D eigenvalue weighted by Crippen LogP contribution is -2.35. The van der Waals surface area contributed by atoms with Crippen LogP contribution in [0.2, 0.25) is 0 Å². The summed E-state index contributed by atoms with van der Waals surface area (Å²) < 4.78 is 11.2. The number of hydrogen-bond acceptors (Lipinski definition) is 4. The maximum atomic E-state index is 11.9. The molecule has 0 unspecified atom stereocenters. The Kier molecular flexibility index (Phi) is 5.38. The van der Waals surface area contributed by atoms with Crippen molar-refractivity contribution in [2.45, 2.75) is 19.6 Å². The summed E-state index contributed by atoms with van der Waals surface area (Å²) in [6.07, 6.45) is 0.660. The van der Waals surface area contributed by atoms with E-state index in [4.69, 9.17) is 9.15 Å². The van der Waals surface area contributed by atoms with Crippen molar-refractivity contribution in [3.8, 4) is 0 Å². The number of ether oxygens (including phenoxy) is 1. The Morgan fingerprint density at radius 1 is 1.33 bits per heavy atom. The highest BCUT2D eigenvalue weighted by Gasteiger charge is 2.18. The van der Waals surface area contributed by atoms with Gasteiger partial charge >= 0.3 is 5.97 Å². The first-order valence-electron chi connectivity index (χ1n) is 6.33. The van der Waals surface area contributed by atoms with Crippen molar-refractivity contribution >= 4 is 34.5 Å². The van der Waals surface area contributed by atoms with Crippen LogP contribution in [0.5, 0.6) is 0 Å². The SMILES string of the molecule is C[C@H](OC(=O)c1cccc(I)c1)C(=O)NCc1ccco1. The number of carbonyl (C=O) groups excluding carboxylic acids is 2. The smallest absolute Gasteiger partial charge is 0.338 e. The second-order valence-electron chi connectivity index (χ2n) is 4.36. The number of hydrogen-bond donors (Lipinski definition) is 1. The van der Waals surface area contributed by atoms with Gasteiger partial charge in [-0.05, 0) is 59.8 Å². The zero-order chi connectivity index (χ0) is 15.2. The number of esters is 1. The average molecular weight is 399 g/mol. The molecule has 0 aliphatic heterocycles. The van der Waals surface area contributed by atoms with E-state index in [1.807, 2.05) is 6.07 Å². The summed E-state index contributed by atoms with van der Waals surface area (Å²) in [5.74, 6) is -0.251. The molecule has 0 saturated heterocycles. The van der Waals surface area contributed by atoms with Gasteiger partial charge in [-0.1, -0.05) is 6.07 Å². The second-order valence-corrected chi connectivity index (χ2v) is 5.60. The molecule has 1 atom stereocenters. The van der Waals surface area contributed by atoms with Crippen LogP contribution in [0.4, 0.5) is 0 Å². The van der Waals surface area contributed by atoms with Gasteiger partial charge in [0, 0.05) is 3.57 Å². The van der Waals surface area contributed by atoms with Crippen LogP contribution in [0, 0.1) is 3.57 Å². The van der Waals surface area contributed by atoms with Crippen molar-refractivity contribution in [1.82, 2.24) is 5.32 Å². The summed E-state index contributed by atoms with van der Waals surface area (Å²) in [5.41, 5.74) is 0.424. The number of benzene rings is 1.